The van der Waals surface area contributed by atoms with Crippen LogP contribution in [0.25, 0.3) is 0 Å². The summed E-state index contributed by atoms with van der Waals surface area (Å²) in [6.45, 7) is 1.08. The minimum atomic E-state index is -0.119. The van der Waals surface area contributed by atoms with E-state index < -0.39 is 0 Å². The SMILES string of the molecule is COCc1nc(C2CCCCN2C(=O)Nc2cnc3c(c2)CCCC3)n[nH]1. The summed E-state index contributed by atoms with van der Waals surface area (Å²) in [5.41, 5.74) is 3.19. The van der Waals surface area contributed by atoms with Crippen molar-refractivity contribution in [3.63, 3.8) is 0 Å². The fourth-order valence-corrected chi connectivity index (χ4v) is 3.96. The van der Waals surface area contributed by atoms with Crippen molar-refractivity contribution in [2.75, 3.05) is 19.0 Å². The first-order chi connectivity index (χ1) is 13.2. The Morgan fingerprint density at radius 3 is 3.11 bits per heavy atom. The quantitative estimate of drug-likeness (QED) is 0.862. The number of hydrogen-bond donors (Lipinski definition) is 2. The number of fused-ring (bicyclic) bond motifs is 1. The van der Waals surface area contributed by atoms with E-state index in [1.54, 1.807) is 13.3 Å². The molecule has 1 saturated heterocycles. The lowest BCUT2D eigenvalue weighted by Gasteiger charge is -2.34. The number of amides is 2. The van der Waals surface area contributed by atoms with Gasteiger partial charge in [0.1, 0.15) is 6.61 Å². The molecule has 8 nitrogen and oxygen atoms in total. The smallest absolute Gasteiger partial charge is 0.322 e. The number of aromatic amines is 1. The molecule has 0 spiro atoms. The zero-order valence-electron chi connectivity index (χ0n) is 15.7. The van der Waals surface area contributed by atoms with Crippen LogP contribution >= 0.6 is 0 Å². The normalized spacial score (nSPS) is 19.6. The topological polar surface area (TPSA) is 96.0 Å². The third-order valence-electron chi connectivity index (χ3n) is 5.31. The zero-order chi connectivity index (χ0) is 18.6. The van der Waals surface area contributed by atoms with Crippen LogP contribution in [0.15, 0.2) is 12.3 Å². The molecule has 0 radical (unpaired) electrons. The Labute approximate surface area is 158 Å². The van der Waals surface area contributed by atoms with Crippen LogP contribution in [-0.2, 0) is 24.2 Å². The highest BCUT2D eigenvalue weighted by Gasteiger charge is 2.31. The molecule has 2 aliphatic rings. The van der Waals surface area contributed by atoms with Crippen LogP contribution < -0.4 is 5.32 Å². The third-order valence-corrected chi connectivity index (χ3v) is 5.31. The van der Waals surface area contributed by atoms with Gasteiger partial charge in [-0.05, 0) is 56.6 Å². The molecule has 2 N–H and O–H groups in total. The Hall–Kier alpha value is -2.48. The van der Waals surface area contributed by atoms with E-state index in [1.165, 1.54) is 24.1 Å². The number of anilines is 1. The highest BCUT2D eigenvalue weighted by molar-refractivity contribution is 5.89. The lowest BCUT2D eigenvalue weighted by molar-refractivity contribution is 0.159. The van der Waals surface area contributed by atoms with Gasteiger partial charge < -0.3 is 15.0 Å². The number of H-pyrrole nitrogens is 1. The number of ether oxygens (including phenoxy) is 1. The number of nitrogens with zero attached hydrogens (tertiary/aromatic N) is 4. The van der Waals surface area contributed by atoms with Gasteiger partial charge in [-0.25, -0.2) is 9.78 Å². The Morgan fingerprint density at radius 1 is 1.33 bits per heavy atom. The number of rotatable bonds is 4. The number of carbonyl (C=O) groups is 1. The number of nitrogens with one attached hydrogen (secondary N) is 2. The fourth-order valence-electron chi connectivity index (χ4n) is 3.96. The molecule has 1 aliphatic carbocycles. The monoisotopic (exact) mass is 370 g/mol. The molecule has 1 atom stereocenters. The van der Waals surface area contributed by atoms with Crippen LogP contribution in [-0.4, -0.2) is 44.8 Å². The summed E-state index contributed by atoms with van der Waals surface area (Å²) in [5, 5.41) is 10.2. The molecule has 4 rings (SSSR count). The van der Waals surface area contributed by atoms with Crippen LogP contribution in [0.3, 0.4) is 0 Å². The Morgan fingerprint density at radius 2 is 2.22 bits per heavy atom. The molecule has 1 fully saturated rings. The first-order valence-corrected chi connectivity index (χ1v) is 9.70. The average molecular weight is 370 g/mol. The van der Waals surface area contributed by atoms with Gasteiger partial charge in [0, 0.05) is 19.3 Å². The molecule has 2 aromatic heterocycles. The highest BCUT2D eigenvalue weighted by Crippen LogP contribution is 2.30. The van der Waals surface area contributed by atoms with E-state index in [2.05, 4.69) is 31.5 Å². The van der Waals surface area contributed by atoms with Crippen molar-refractivity contribution in [1.29, 1.82) is 0 Å². The Bertz CT molecular complexity index is 805. The van der Waals surface area contributed by atoms with Gasteiger partial charge in [0.15, 0.2) is 11.6 Å². The Kier molecular flexibility index (Phi) is 5.33. The van der Waals surface area contributed by atoms with Crippen molar-refractivity contribution in [1.82, 2.24) is 25.1 Å². The number of aromatic nitrogens is 4. The molecule has 1 unspecified atom stereocenters. The first-order valence-electron chi connectivity index (χ1n) is 9.70. The molecule has 144 valence electrons. The maximum absolute atomic E-state index is 12.9. The first kappa shape index (κ1) is 17.9. The number of urea groups is 1. The van der Waals surface area contributed by atoms with Crippen molar-refractivity contribution in [3.05, 3.63) is 35.2 Å². The van der Waals surface area contributed by atoms with Gasteiger partial charge >= 0.3 is 6.03 Å². The third kappa shape index (κ3) is 3.95. The highest BCUT2D eigenvalue weighted by atomic mass is 16.5. The summed E-state index contributed by atoms with van der Waals surface area (Å²) < 4.78 is 5.09. The van der Waals surface area contributed by atoms with Crippen LogP contribution in [0.1, 0.15) is 61.1 Å². The second-order valence-corrected chi connectivity index (χ2v) is 7.25. The number of carbonyl (C=O) groups excluding carboxylic acids is 1. The summed E-state index contributed by atoms with van der Waals surface area (Å²) in [7, 11) is 1.62. The van der Waals surface area contributed by atoms with Crippen LogP contribution in [0.2, 0.25) is 0 Å². The van der Waals surface area contributed by atoms with Crippen LogP contribution in [0.5, 0.6) is 0 Å². The van der Waals surface area contributed by atoms with Crippen molar-refractivity contribution < 1.29 is 9.53 Å². The van der Waals surface area contributed by atoms with E-state index >= 15 is 0 Å². The van der Waals surface area contributed by atoms with E-state index in [0.29, 0.717) is 24.8 Å². The maximum atomic E-state index is 12.9. The van der Waals surface area contributed by atoms with E-state index in [4.69, 9.17) is 4.74 Å². The summed E-state index contributed by atoms with van der Waals surface area (Å²) in [5.74, 6) is 1.33. The summed E-state index contributed by atoms with van der Waals surface area (Å²) in [6.07, 6.45) is 9.14. The molecule has 0 aromatic carbocycles. The fraction of sp³-hybridized carbons (Fsp3) is 0.579. The number of pyridine rings is 1. The van der Waals surface area contributed by atoms with Crippen molar-refractivity contribution in [2.24, 2.45) is 0 Å². The average Bonchev–Trinajstić information content (AvgIpc) is 3.17. The predicted molar refractivity (Wildman–Crippen MR) is 100 cm³/mol. The maximum Gasteiger partial charge on any atom is 0.322 e. The van der Waals surface area contributed by atoms with Gasteiger partial charge in [0.05, 0.1) is 17.9 Å². The summed E-state index contributed by atoms with van der Waals surface area (Å²) >= 11 is 0. The lowest BCUT2D eigenvalue weighted by atomic mass is 9.96. The number of piperidine rings is 1. The van der Waals surface area contributed by atoms with Gasteiger partial charge in [0.25, 0.3) is 0 Å². The lowest BCUT2D eigenvalue weighted by Crippen LogP contribution is -2.41. The Balaban J connectivity index is 1.48. The van der Waals surface area contributed by atoms with Crippen LogP contribution in [0.4, 0.5) is 10.5 Å². The molecule has 1 aliphatic heterocycles. The van der Waals surface area contributed by atoms with Gasteiger partial charge in [-0.3, -0.25) is 10.1 Å². The van der Waals surface area contributed by atoms with Gasteiger partial charge in [-0.15, -0.1) is 0 Å². The molecule has 0 bridgehead atoms. The van der Waals surface area contributed by atoms with Gasteiger partial charge in [-0.2, -0.15) is 5.10 Å². The molecule has 2 aromatic rings. The standard InChI is InChI=1S/C19H26N6O2/c1-27-12-17-22-18(24-23-17)16-8-4-5-9-25(16)19(26)21-14-10-13-6-2-3-7-15(13)20-11-14/h10-11,16H,2-9,12H2,1H3,(H,21,26)(H,22,23,24). The molecular formula is C19H26N6O2. The minimum absolute atomic E-state index is 0.115. The van der Waals surface area contributed by atoms with Crippen LogP contribution in [0, 0.1) is 0 Å². The molecular weight excluding hydrogens is 344 g/mol. The number of aryl methyl sites for hydroxylation is 2. The van der Waals surface area contributed by atoms with Crippen molar-refractivity contribution >= 4 is 11.7 Å². The number of hydrogen-bond acceptors (Lipinski definition) is 5. The van der Waals surface area contributed by atoms with E-state index in [-0.39, 0.29) is 12.1 Å². The number of likely N-dealkylation sites (tertiary alicyclic amines) is 1. The molecule has 3 heterocycles. The van der Waals surface area contributed by atoms with Crippen molar-refractivity contribution in [3.8, 4) is 0 Å². The van der Waals surface area contributed by atoms with Crippen molar-refractivity contribution in [2.45, 2.75) is 57.6 Å². The molecule has 0 saturated carbocycles. The summed E-state index contributed by atoms with van der Waals surface area (Å²) in [6, 6.07) is 1.84. The minimum Gasteiger partial charge on any atom is -0.377 e. The summed E-state index contributed by atoms with van der Waals surface area (Å²) in [4.78, 5) is 23.8. The zero-order valence-corrected chi connectivity index (χ0v) is 15.7. The van der Waals surface area contributed by atoms with E-state index in [1.807, 2.05) is 4.90 Å². The predicted octanol–water partition coefficient (Wildman–Crippen LogP) is 2.98. The van der Waals surface area contributed by atoms with Gasteiger partial charge in [0.2, 0.25) is 0 Å². The second-order valence-electron chi connectivity index (χ2n) is 7.25. The molecule has 8 heteroatoms. The molecule has 27 heavy (non-hydrogen) atoms. The van der Waals surface area contributed by atoms with E-state index in [9.17, 15) is 4.79 Å². The molecule has 2 amide bonds. The van der Waals surface area contributed by atoms with E-state index in [0.717, 1.165) is 37.8 Å². The number of methoxy groups -OCH3 is 1. The second kappa shape index (κ2) is 8.04. The largest absolute Gasteiger partial charge is 0.377 e. The van der Waals surface area contributed by atoms with Gasteiger partial charge in [-0.1, -0.05) is 0 Å².